The topological polar surface area (TPSA) is 44.5 Å². The summed E-state index contributed by atoms with van der Waals surface area (Å²) in [5, 5.41) is 0. The Labute approximate surface area is 265 Å². The largest absolute Gasteiger partial charge is 0.378 e. The Hall–Kier alpha value is -1.68. The van der Waals surface area contributed by atoms with Crippen molar-refractivity contribution in [2.75, 3.05) is 13.2 Å². The average Bonchev–Trinajstić information content (AvgIpc) is 3.15. The Morgan fingerprint density at radius 2 is 1.09 bits per heavy atom. The van der Waals surface area contributed by atoms with E-state index in [1.165, 1.54) is 33.4 Å². The molecule has 0 bridgehead atoms. The van der Waals surface area contributed by atoms with Crippen molar-refractivity contribution in [3.05, 3.63) is 58.7 Å². The van der Waals surface area contributed by atoms with Gasteiger partial charge in [0.05, 0.1) is 6.10 Å². The number of hydrogen-bond donors (Lipinski definition) is 1. The number of benzene rings is 2. The quantitative estimate of drug-likeness (QED) is 0.250. The minimum atomic E-state index is -0.664. The molecule has 1 atom stereocenters. The van der Waals surface area contributed by atoms with Gasteiger partial charge in [0, 0.05) is 18.6 Å². The van der Waals surface area contributed by atoms with Gasteiger partial charge in [-0.05, 0) is 94.1 Å². The Balaban J connectivity index is 2.36. The van der Waals surface area contributed by atoms with E-state index in [4.69, 9.17) is 15.2 Å². The normalized spacial score (nSPS) is 16.4. The zero-order valence-corrected chi connectivity index (χ0v) is 30.5. The molecule has 0 spiro atoms. The van der Waals surface area contributed by atoms with Crippen LogP contribution in [0.2, 0.25) is 0 Å². The van der Waals surface area contributed by atoms with Crippen LogP contribution < -0.4 is 5.73 Å². The van der Waals surface area contributed by atoms with Gasteiger partial charge >= 0.3 is 0 Å². The fourth-order valence-electron chi connectivity index (χ4n) is 7.82. The number of nitrogens with two attached hydrogens (primary N) is 1. The molecule has 0 amide bonds. The predicted octanol–water partition coefficient (Wildman–Crippen LogP) is 10.5. The van der Waals surface area contributed by atoms with Gasteiger partial charge < -0.3 is 15.2 Å². The molecule has 0 saturated carbocycles. The van der Waals surface area contributed by atoms with Crippen LogP contribution in [-0.4, -0.2) is 25.0 Å². The molecule has 0 fully saturated rings. The number of hydrogen-bond acceptors (Lipinski definition) is 3. The van der Waals surface area contributed by atoms with Crippen molar-refractivity contribution in [1.82, 2.24) is 0 Å². The van der Waals surface area contributed by atoms with Gasteiger partial charge in [0.15, 0.2) is 0 Å². The van der Waals surface area contributed by atoms with E-state index in [1.807, 2.05) is 13.8 Å². The molecule has 0 radical (unpaired) electrons. The highest BCUT2D eigenvalue weighted by Gasteiger charge is 2.60. The molecule has 0 saturated heterocycles. The highest BCUT2D eigenvalue weighted by molar-refractivity contribution is 5.83. The third kappa shape index (κ3) is 7.10. The standard InChI is InChI=1S/C40H65NO2/c1-16-34(27(2)3)42-23-21-37(10,11)40(38(12,13)22-24-43-39(14,15)41)32-25-28(35(4,5)6)17-19-30(32)31-20-18-29(26-33(31)40)36(7,8)9/h17-20,25-27,34H,16,21-24,41H2,1-15H3. The summed E-state index contributed by atoms with van der Waals surface area (Å²) in [5.74, 6) is 0.506. The lowest BCUT2D eigenvalue weighted by Gasteiger charge is -2.56. The average molecular weight is 592 g/mol. The number of ether oxygens (including phenoxy) is 2. The van der Waals surface area contributed by atoms with E-state index in [1.54, 1.807) is 0 Å². The fraction of sp³-hybridized carbons (Fsp3) is 0.700. The second-order valence-electron chi connectivity index (χ2n) is 17.6. The van der Waals surface area contributed by atoms with Crippen molar-refractivity contribution in [3.63, 3.8) is 0 Å². The molecule has 0 aliphatic heterocycles. The molecule has 1 unspecified atom stereocenters. The molecule has 3 rings (SSSR count). The molecule has 1 aliphatic carbocycles. The van der Waals surface area contributed by atoms with Crippen LogP contribution in [0.5, 0.6) is 0 Å². The molecular formula is C40H65NO2. The zero-order chi connectivity index (χ0) is 32.8. The number of fused-ring (bicyclic) bond motifs is 3. The predicted molar refractivity (Wildman–Crippen MR) is 186 cm³/mol. The Morgan fingerprint density at radius 3 is 1.44 bits per heavy atom. The minimum absolute atomic E-state index is 0.0435. The van der Waals surface area contributed by atoms with Gasteiger partial charge in [-0.15, -0.1) is 0 Å². The van der Waals surface area contributed by atoms with Gasteiger partial charge in [-0.3, -0.25) is 0 Å². The van der Waals surface area contributed by atoms with Crippen LogP contribution in [0.4, 0.5) is 0 Å². The monoisotopic (exact) mass is 592 g/mol. The molecule has 2 aromatic carbocycles. The van der Waals surface area contributed by atoms with Gasteiger partial charge in [-0.25, -0.2) is 0 Å². The fourth-order valence-corrected chi connectivity index (χ4v) is 7.82. The third-order valence-electron chi connectivity index (χ3n) is 10.3. The van der Waals surface area contributed by atoms with E-state index in [-0.39, 0.29) is 33.2 Å². The maximum absolute atomic E-state index is 6.62. The van der Waals surface area contributed by atoms with Crippen LogP contribution >= 0.6 is 0 Å². The summed E-state index contributed by atoms with van der Waals surface area (Å²) in [6, 6.07) is 14.6. The minimum Gasteiger partial charge on any atom is -0.378 e. The Morgan fingerprint density at radius 1 is 0.674 bits per heavy atom. The van der Waals surface area contributed by atoms with Crippen molar-refractivity contribution in [2.45, 2.75) is 151 Å². The van der Waals surface area contributed by atoms with E-state index in [2.05, 4.69) is 126 Å². The smallest absolute Gasteiger partial charge is 0.111 e. The molecule has 242 valence electrons. The second-order valence-corrected chi connectivity index (χ2v) is 17.6. The maximum Gasteiger partial charge on any atom is 0.111 e. The molecule has 43 heavy (non-hydrogen) atoms. The molecule has 0 aromatic heterocycles. The van der Waals surface area contributed by atoms with Crippen LogP contribution in [0, 0.1) is 16.7 Å². The van der Waals surface area contributed by atoms with Crippen molar-refractivity contribution < 1.29 is 9.47 Å². The van der Waals surface area contributed by atoms with E-state index in [0.717, 1.165) is 25.9 Å². The molecule has 2 N–H and O–H groups in total. The zero-order valence-electron chi connectivity index (χ0n) is 30.5. The summed E-state index contributed by atoms with van der Waals surface area (Å²) >= 11 is 0. The van der Waals surface area contributed by atoms with Gasteiger partial charge in [0.2, 0.25) is 0 Å². The van der Waals surface area contributed by atoms with Crippen LogP contribution in [0.3, 0.4) is 0 Å². The second kappa shape index (κ2) is 12.3. The molecule has 0 heterocycles. The summed E-state index contributed by atoms with van der Waals surface area (Å²) in [6.07, 6.45) is 3.17. The number of rotatable bonds is 12. The summed E-state index contributed by atoms with van der Waals surface area (Å²) in [4.78, 5) is 0. The van der Waals surface area contributed by atoms with Crippen molar-refractivity contribution >= 4 is 0 Å². The SMILES string of the molecule is CCC(OCCC(C)(C)C1(C(C)(C)CCOC(C)(C)N)c2cc(C(C)(C)C)ccc2-c2ccc(C(C)(C)C)cc21)C(C)C. The maximum atomic E-state index is 6.62. The summed E-state index contributed by atoms with van der Waals surface area (Å²) < 4.78 is 12.8. The molecule has 1 aliphatic rings. The lowest BCUT2D eigenvalue weighted by molar-refractivity contribution is -0.0502. The molecule has 2 aromatic rings. The van der Waals surface area contributed by atoms with E-state index >= 15 is 0 Å². The lowest BCUT2D eigenvalue weighted by atomic mass is 9.47. The molecule has 3 heteroatoms. The van der Waals surface area contributed by atoms with E-state index < -0.39 is 5.72 Å². The lowest BCUT2D eigenvalue weighted by Crippen LogP contribution is -2.54. The van der Waals surface area contributed by atoms with Crippen molar-refractivity contribution in [3.8, 4) is 11.1 Å². The van der Waals surface area contributed by atoms with Crippen LogP contribution in [0.1, 0.15) is 145 Å². The summed E-state index contributed by atoms with van der Waals surface area (Å²) in [6.45, 7) is 35.9. The van der Waals surface area contributed by atoms with Crippen LogP contribution in [0.15, 0.2) is 36.4 Å². The van der Waals surface area contributed by atoms with Gasteiger partial charge in [0.25, 0.3) is 0 Å². The summed E-state index contributed by atoms with van der Waals surface area (Å²) in [7, 11) is 0. The Bertz CT molecular complexity index is 1180. The van der Waals surface area contributed by atoms with Gasteiger partial charge in [-0.1, -0.05) is 126 Å². The first-order valence-corrected chi connectivity index (χ1v) is 16.8. The van der Waals surface area contributed by atoms with E-state index in [0.29, 0.717) is 12.5 Å². The molecular weight excluding hydrogens is 526 g/mol. The van der Waals surface area contributed by atoms with E-state index in [9.17, 15) is 0 Å². The van der Waals surface area contributed by atoms with Crippen molar-refractivity contribution in [2.24, 2.45) is 22.5 Å². The third-order valence-corrected chi connectivity index (χ3v) is 10.3. The first kappa shape index (κ1) is 35.8. The van der Waals surface area contributed by atoms with Gasteiger partial charge in [0.1, 0.15) is 5.72 Å². The van der Waals surface area contributed by atoms with Gasteiger partial charge in [-0.2, -0.15) is 0 Å². The first-order valence-electron chi connectivity index (χ1n) is 16.8. The molecule has 3 nitrogen and oxygen atoms in total. The Kier molecular flexibility index (Phi) is 10.2. The van der Waals surface area contributed by atoms with Crippen LogP contribution in [-0.2, 0) is 25.7 Å². The van der Waals surface area contributed by atoms with Crippen molar-refractivity contribution in [1.29, 1.82) is 0 Å². The summed E-state index contributed by atoms with van der Waals surface area (Å²) in [5.41, 5.74) is 13.6. The highest BCUT2D eigenvalue weighted by Crippen LogP contribution is 2.67. The van der Waals surface area contributed by atoms with Crippen LogP contribution in [0.25, 0.3) is 11.1 Å². The highest BCUT2D eigenvalue weighted by atomic mass is 16.5. The first-order chi connectivity index (χ1) is 19.5.